The van der Waals surface area contributed by atoms with E-state index >= 15 is 0 Å². The van der Waals surface area contributed by atoms with Gasteiger partial charge < -0.3 is 20.2 Å². The minimum Gasteiger partial charge on any atom is -0.443 e. The highest BCUT2D eigenvalue weighted by Gasteiger charge is 2.24. The lowest BCUT2D eigenvalue weighted by Gasteiger charge is -2.28. The summed E-state index contributed by atoms with van der Waals surface area (Å²) in [5.41, 5.74) is 0.669. The standard InChI is InChI=1S/C15H19N3O3S/c19-12-5-2-1-4-11(12)18-15(20)16-8-10-9-21-14(17-10)13-6-3-7-22-13/h3,6-7,9,11-12,19H,1-2,4-5,8H2,(H2,16,18,20). The molecule has 0 aromatic carbocycles. The Morgan fingerprint density at radius 1 is 1.45 bits per heavy atom. The van der Waals surface area contributed by atoms with E-state index in [2.05, 4.69) is 15.6 Å². The predicted molar refractivity (Wildman–Crippen MR) is 83.5 cm³/mol. The minimum atomic E-state index is -0.447. The van der Waals surface area contributed by atoms with Gasteiger partial charge in [0.05, 0.1) is 29.3 Å². The quantitative estimate of drug-likeness (QED) is 0.807. The molecule has 0 spiro atoms. The molecule has 22 heavy (non-hydrogen) atoms. The van der Waals surface area contributed by atoms with Crippen LogP contribution in [0, 0.1) is 0 Å². The molecule has 2 amide bonds. The average Bonchev–Trinajstić information content (AvgIpc) is 3.18. The molecule has 118 valence electrons. The number of hydrogen-bond acceptors (Lipinski definition) is 5. The predicted octanol–water partition coefficient (Wildman–Crippen LogP) is 2.51. The summed E-state index contributed by atoms with van der Waals surface area (Å²) < 4.78 is 5.40. The van der Waals surface area contributed by atoms with Crippen LogP contribution in [0.2, 0.25) is 0 Å². The SMILES string of the molecule is O=C(NCc1coc(-c2cccs2)n1)NC1CCCCC1O. The topological polar surface area (TPSA) is 87.4 Å². The number of urea groups is 1. The Kier molecular flexibility index (Phi) is 4.74. The van der Waals surface area contributed by atoms with Crippen molar-refractivity contribution in [3.63, 3.8) is 0 Å². The molecular weight excluding hydrogens is 302 g/mol. The van der Waals surface area contributed by atoms with Crippen LogP contribution in [0.1, 0.15) is 31.4 Å². The van der Waals surface area contributed by atoms with E-state index in [1.54, 1.807) is 17.6 Å². The number of carbonyl (C=O) groups excluding carboxylic acids is 1. The normalized spacial score (nSPS) is 21.5. The second kappa shape index (κ2) is 6.93. The van der Waals surface area contributed by atoms with Gasteiger partial charge in [0, 0.05) is 0 Å². The fourth-order valence-electron chi connectivity index (χ4n) is 2.57. The monoisotopic (exact) mass is 321 g/mol. The summed E-state index contributed by atoms with van der Waals surface area (Å²) in [6.45, 7) is 0.295. The lowest BCUT2D eigenvalue weighted by Crippen LogP contribution is -2.48. The van der Waals surface area contributed by atoms with Gasteiger partial charge in [0.25, 0.3) is 0 Å². The van der Waals surface area contributed by atoms with E-state index < -0.39 is 6.10 Å². The highest BCUT2D eigenvalue weighted by atomic mass is 32.1. The molecule has 0 radical (unpaired) electrons. The third kappa shape index (κ3) is 3.66. The number of amides is 2. The molecule has 1 aliphatic rings. The Labute approximate surface area is 132 Å². The van der Waals surface area contributed by atoms with Gasteiger partial charge in [-0.15, -0.1) is 11.3 Å². The summed E-state index contributed by atoms with van der Waals surface area (Å²) in [7, 11) is 0. The Hall–Kier alpha value is -1.86. The van der Waals surface area contributed by atoms with Crippen molar-refractivity contribution >= 4 is 17.4 Å². The number of aromatic nitrogens is 1. The van der Waals surface area contributed by atoms with Crippen molar-refractivity contribution in [2.24, 2.45) is 0 Å². The largest absolute Gasteiger partial charge is 0.443 e. The van der Waals surface area contributed by atoms with Gasteiger partial charge in [-0.25, -0.2) is 9.78 Å². The van der Waals surface area contributed by atoms with Gasteiger partial charge in [-0.05, 0) is 24.3 Å². The number of carbonyl (C=O) groups is 1. The van der Waals surface area contributed by atoms with Crippen LogP contribution in [0.15, 0.2) is 28.2 Å². The molecule has 2 atom stereocenters. The van der Waals surface area contributed by atoms with Crippen molar-refractivity contribution in [2.45, 2.75) is 44.4 Å². The molecule has 0 saturated heterocycles. The first-order valence-corrected chi connectivity index (χ1v) is 8.31. The number of thiophene rings is 1. The second-order valence-electron chi connectivity index (χ2n) is 5.41. The van der Waals surface area contributed by atoms with E-state index in [0.29, 0.717) is 18.1 Å². The fraction of sp³-hybridized carbons (Fsp3) is 0.467. The van der Waals surface area contributed by atoms with Crippen LogP contribution in [0.4, 0.5) is 4.79 Å². The zero-order valence-electron chi connectivity index (χ0n) is 12.1. The maximum atomic E-state index is 11.9. The third-order valence-electron chi connectivity index (χ3n) is 3.76. The Morgan fingerprint density at radius 3 is 3.09 bits per heavy atom. The number of aliphatic hydroxyl groups excluding tert-OH is 1. The van der Waals surface area contributed by atoms with Crippen LogP contribution in [-0.4, -0.2) is 28.3 Å². The van der Waals surface area contributed by atoms with Crippen LogP contribution >= 0.6 is 11.3 Å². The van der Waals surface area contributed by atoms with Crippen molar-refractivity contribution in [3.8, 4) is 10.8 Å². The minimum absolute atomic E-state index is 0.160. The van der Waals surface area contributed by atoms with Gasteiger partial charge >= 0.3 is 6.03 Å². The molecule has 1 saturated carbocycles. The highest BCUT2D eigenvalue weighted by molar-refractivity contribution is 7.13. The van der Waals surface area contributed by atoms with E-state index in [9.17, 15) is 9.90 Å². The highest BCUT2D eigenvalue weighted by Crippen LogP contribution is 2.23. The second-order valence-corrected chi connectivity index (χ2v) is 6.35. The summed E-state index contributed by atoms with van der Waals surface area (Å²) in [6.07, 6.45) is 4.72. The first kappa shape index (κ1) is 15.1. The molecule has 1 aliphatic carbocycles. The molecule has 2 heterocycles. The number of oxazole rings is 1. The molecule has 0 aliphatic heterocycles. The number of nitrogens with one attached hydrogen (secondary N) is 2. The van der Waals surface area contributed by atoms with Crippen LogP contribution in [0.25, 0.3) is 10.8 Å². The van der Waals surface area contributed by atoms with Crippen LogP contribution in [0.5, 0.6) is 0 Å². The van der Waals surface area contributed by atoms with Gasteiger partial charge in [-0.3, -0.25) is 0 Å². The fourth-order valence-corrected chi connectivity index (χ4v) is 3.23. The Bertz CT molecular complexity index is 611. The van der Waals surface area contributed by atoms with Crippen LogP contribution < -0.4 is 10.6 Å². The van der Waals surface area contributed by atoms with Crippen molar-refractivity contribution in [1.82, 2.24) is 15.6 Å². The summed E-state index contributed by atoms with van der Waals surface area (Å²) in [6, 6.07) is 3.43. The number of hydrogen-bond donors (Lipinski definition) is 3. The van der Waals surface area contributed by atoms with E-state index in [0.717, 1.165) is 30.6 Å². The van der Waals surface area contributed by atoms with Gasteiger partial charge in [0.1, 0.15) is 6.26 Å². The van der Waals surface area contributed by atoms with Crippen LogP contribution in [-0.2, 0) is 6.54 Å². The number of rotatable bonds is 4. The molecule has 1 fully saturated rings. The van der Waals surface area contributed by atoms with Crippen molar-refractivity contribution in [2.75, 3.05) is 0 Å². The summed E-state index contributed by atoms with van der Waals surface area (Å²) in [5.74, 6) is 0.565. The van der Waals surface area contributed by atoms with Gasteiger partial charge in [0.15, 0.2) is 0 Å². The van der Waals surface area contributed by atoms with E-state index in [1.165, 1.54) is 0 Å². The van der Waals surface area contributed by atoms with Gasteiger partial charge in [-0.2, -0.15) is 0 Å². The molecule has 0 bridgehead atoms. The Morgan fingerprint density at radius 2 is 2.32 bits per heavy atom. The van der Waals surface area contributed by atoms with Gasteiger partial charge in [-0.1, -0.05) is 18.9 Å². The van der Waals surface area contributed by atoms with E-state index in [1.807, 2.05) is 17.5 Å². The maximum Gasteiger partial charge on any atom is 0.315 e. The van der Waals surface area contributed by atoms with E-state index in [-0.39, 0.29) is 12.1 Å². The molecule has 2 unspecified atom stereocenters. The van der Waals surface area contributed by atoms with Crippen molar-refractivity contribution < 1.29 is 14.3 Å². The molecule has 7 heteroatoms. The molecule has 2 aromatic rings. The molecule has 6 nitrogen and oxygen atoms in total. The molecule has 3 rings (SSSR count). The lowest BCUT2D eigenvalue weighted by atomic mass is 9.93. The third-order valence-corrected chi connectivity index (χ3v) is 4.62. The first-order valence-electron chi connectivity index (χ1n) is 7.43. The summed E-state index contributed by atoms with van der Waals surface area (Å²) in [5, 5.41) is 17.4. The maximum absolute atomic E-state index is 11.9. The zero-order valence-corrected chi connectivity index (χ0v) is 12.9. The van der Waals surface area contributed by atoms with Gasteiger partial charge in [0.2, 0.25) is 5.89 Å². The number of nitrogens with zero attached hydrogens (tertiary/aromatic N) is 1. The molecular formula is C15H19N3O3S. The molecule has 3 N–H and O–H groups in total. The van der Waals surface area contributed by atoms with Crippen molar-refractivity contribution in [1.29, 1.82) is 0 Å². The van der Waals surface area contributed by atoms with Crippen molar-refractivity contribution in [3.05, 3.63) is 29.5 Å². The van der Waals surface area contributed by atoms with E-state index in [4.69, 9.17) is 4.42 Å². The smallest absolute Gasteiger partial charge is 0.315 e. The Balaban J connectivity index is 1.49. The first-order chi connectivity index (χ1) is 10.7. The van der Waals surface area contributed by atoms with Crippen LogP contribution in [0.3, 0.4) is 0 Å². The zero-order chi connectivity index (χ0) is 15.4. The summed E-state index contributed by atoms with van der Waals surface area (Å²) >= 11 is 1.55. The number of aliphatic hydroxyl groups is 1. The summed E-state index contributed by atoms with van der Waals surface area (Å²) in [4.78, 5) is 17.2. The average molecular weight is 321 g/mol. The lowest BCUT2D eigenvalue weighted by molar-refractivity contribution is 0.0943. The molecule has 2 aromatic heterocycles.